The minimum atomic E-state index is -0.192. The van der Waals surface area contributed by atoms with E-state index in [2.05, 4.69) is 4.90 Å². The zero-order valence-corrected chi connectivity index (χ0v) is 10.7. The Hall–Kier alpha value is -0.930. The van der Waals surface area contributed by atoms with Gasteiger partial charge < -0.3 is 5.73 Å². The summed E-state index contributed by atoms with van der Waals surface area (Å²) < 4.78 is 13.2. The third-order valence-corrected chi connectivity index (χ3v) is 3.96. The van der Waals surface area contributed by atoms with Gasteiger partial charge in [0.15, 0.2) is 0 Å². The largest absolute Gasteiger partial charge is 0.323 e. The number of hydrogen-bond donors (Lipinski definition) is 1. The van der Waals surface area contributed by atoms with Crippen LogP contribution in [-0.2, 0) is 0 Å². The van der Waals surface area contributed by atoms with Gasteiger partial charge in [0.25, 0.3) is 0 Å². The third-order valence-electron chi connectivity index (χ3n) is 3.96. The smallest absolute Gasteiger partial charge is 0.123 e. The molecule has 2 aliphatic carbocycles. The van der Waals surface area contributed by atoms with Crippen LogP contribution < -0.4 is 5.73 Å². The van der Waals surface area contributed by atoms with Gasteiger partial charge in [-0.25, -0.2) is 4.39 Å². The van der Waals surface area contributed by atoms with Crippen LogP contribution in [0.3, 0.4) is 0 Å². The van der Waals surface area contributed by atoms with Gasteiger partial charge in [-0.15, -0.1) is 0 Å². The summed E-state index contributed by atoms with van der Waals surface area (Å²) in [6.45, 7) is 2.05. The Kier molecular flexibility index (Phi) is 3.35. The number of rotatable bonds is 6. The lowest BCUT2D eigenvalue weighted by Crippen LogP contribution is -2.35. The second-order valence-corrected chi connectivity index (χ2v) is 5.79. The molecule has 18 heavy (non-hydrogen) atoms. The maximum atomic E-state index is 13.2. The average Bonchev–Trinajstić information content (AvgIpc) is 3.21. The van der Waals surface area contributed by atoms with Crippen molar-refractivity contribution in [3.63, 3.8) is 0 Å². The van der Waals surface area contributed by atoms with E-state index >= 15 is 0 Å². The van der Waals surface area contributed by atoms with Gasteiger partial charge in [0.05, 0.1) is 0 Å². The van der Waals surface area contributed by atoms with Crippen molar-refractivity contribution >= 4 is 0 Å². The quantitative estimate of drug-likeness (QED) is 0.838. The van der Waals surface area contributed by atoms with Crippen LogP contribution in [0.2, 0.25) is 0 Å². The van der Waals surface area contributed by atoms with E-state index < -0.39 is 0 Å². The Balaban J connectivity index is 1.62. The van der Waals surface area contributed by atoms with Crippen LogP contribution in [0.5, 0.6) is 0 Å². The standard InChI is InChI=1S/C15H21FN2/c16-13-3-1-2-12(8-13)15(17)10-18(14-6-7-14)9-11-4-5-11/h1-3,8,11,14-15H,4-7,9-10,17H2. The average molecular weight is 248 g/mol. The van der Waals surface area contributed by atoms with Gasteiger partial charge in [0, 0.05) is 25.2 Å². The van der Waals surface area contributed by atoms with Gasteiger partial charge in [0.1, 0.15) is 5.82 Å². The van der Waals surface area contributed by atoms with Crippen molar-refractivity contribution in [3.05, 3.63) is 35.6 Å². The number of hydrogen-bond acceptors (Lipinski definition) is 2. The molecule has 98 valence electrons. The predicted octanol–water partition coefficient (Wildman–Crippen LogP) is 2.70. The van der Waals surface area contributed by atoms with Crippen LogP contribution in [0.4, 0.5) is 4.39 Å². The van der Waals surface area contributed by atoms with Gasteiger partial charge in [-0.2, -0.15) is 0 Å². The van der Waals surface area contributed by atoms with Crippen LogP contribution in [0.1, 0.15) is 37.3 Å². The van der Waals surface area contributed by atoms with E-state index in [1.165, 1.54) is 38.3 Å². The highest BCUT2D eigenvalue weighted by molar-refractivity contribution is 5.20. The molecule has 0 spiro atoms. The zero-order valence-electron chi connectivity index (χ0n) is 10.7. The summed E-state index contributed by atoms with van der Waals surface area (Å²) in [6.07, 6.45) is 5.36. The molecule has 2 saturated carbocycles. The number of nitrogens with two attached hydrogens (primary N) is 1. The summed E-state index contributed by atoms with van der Waals surface area (Å²) in [5.74, 6) is 0.702. The van der Waals surface area contributed by atoms with Crippen molar-refractivity contribution in [2.45, 2.75) is 37.8 Å². The predicted molar refractivity (Wildman–Crippen MR) is 70.6 cm³/mol. The molecule has 0 radical (unpaired) electrons. The minimum Gasteiger partial charge on any atom is -0.323 e. The van der Waals surface area contributed by atoms with Crippen LogP contribution in [0.15, 0.2) is 24.3 Å². The van der Waals surface area contributed by atoms with Gasteiger partial charge in [-0.05, 0) is 49.3 Å². The van der Waals surface area contributed by atoms with Crippen LogP contribution in [0, 0.1) is 11.7 Å². The highest BCUT2D eigenvalue weighted by atomic mass is 19.1. The fourth-order valence-electron chi connectivity index (χ4n) is 2.54. The number of halogens is 1. The Morgan fingerprint density at radius 1 is 1.28 bits per heavy atom. The SMILES string of the molecule is NC(CN(CC1CC1)C1CC1)c1cccc(F)c1. The Morgan fingerprint density at radius 2 is 2.06 bits per heavy atom. The zero-order chi connectivity index (χ0) is 12.5. The normalized spacial score (nSPS) is 21.3. The first-order valence-corrected chi connectivity index (χ1v) is 6.97. The van der Waals surface area contributed by atoms with E-state index in [0.717, 1.165) is 24.1 Å². The van der Waals surface area contributed by atoms with Crippen molar-refractivity contribution in [1.82, 2.24) is 4.90 Å². The highest BCUT2D eigenvalue weighted by Gasteiger charge is 2.34. The molecular weight excluding hydrogens is 227 g/mol. The summed E-state index contributed by atoms with van der Waals surface area (Å²) in [5.41, 5.74) is 7.13. The van der Waals surface area contributed by atoms with Gasteiger partial charge >= 0.3 is 0 Å². The van der Waals surface area contributed by atoms with E-state index in [0.29, 0.717) is 0 Å². The second-order valence-electron chi connectivity index (χ2n) is 5.79. The molecule has 1 atom stereocenters. The van der Waals surface area contributed by atoms with E-state index in [-0.39, 0.29) is 11.9 Å². The van der Waals surface area contributed by atoms with Gasteiger partial charge in [0.2, 0.25) is 0 Å². The molecular formula is C15H21FN2. The van der Waals surface area contributed by atoms with E-state index in [4.69, 9.17) is 5.73 Å². The lowest BCUT2D eigenvalue weighted by atomic mass is 10.1. The first kappa shape index (κ1) is 12.1. The van der Waals surface area contributed by atoms with Crippen molar-refractivity contribution in [3.8, 4) is 0 Å². The summed E-state index contributed by atoms with van der Waals surface area (Å²) in [4.78, 5) is 2.52. The van der Waals surface area contributed by atoms with Crippen molar-refractivity contribution in [1.29, 1.82) is 0 Å². The molecule has 2 aliphatic rings. The topological polar surface area (TPSA) is 29.3 Å². The summed E-state index contributed by atoms with van der Waals surface area (Å²) in [6, 6.07) is 7.37. The molecule has 0 heterocycles. The molecule has 0 bridgehead atoms. The van der Waals surface area contributed by atoms with Crippen LogP contribution >= 0.6 is 0 Å². The molecule has 0 aliphatic heterocycles. The Labute approximate surface area is 108 Å². The summed E-state index contributed by atoms with van der Waals surface area (Å²) in [7, 11) is 0. The maximum Gasteiger partial charge on any atom is 0.123 e. The molecule has 3 heteroatoms. The van der Waals surface area contributed by atoms with E-state index in [1.807, 2.05) is 6.07 Å². The Bertz CT molecular complexity index is 413. The molecule has 0 saturated heterocycles. The first-order chi connectivity index (χ1) is 8.72. The lowest BCUT2D eigenvalue weighted by molar-refractivity contribution is 0.237. The first-order valence-electron chi connectivity index (χ1n) is 6.97. The fourth-order valence-corrected chi connectivity index (χ4v) is 2.54. The number of benzene rings is 1. The minimum absolute atomic E-state index is 0.0694. The fraction of sp³-hybridized carbons (Fsp3) is 0.600. The summed E-state index contributed by atoms with van der Waals surface area (Å²) in [5, 5.41) is 0. The molecule has 1 aromatic carbocycles. The van der Waals surface area contributed by atoms with Crippen molar-refractivity contribution in [2.75, 3.05) is 13.1 Å². The third kappa shape index (κ3) is 3.09. The van der Waals surface area contributed by atoms with Crippen LogP contribution in [-0.4, -0.2) is 24.0 Å². The van der Waals surface area contributed by atoms with Crippen molar-refractivity contribution in [2.24, 2.45) is 11.7 Å². The van der Waals surface area contributed by atoms with Gasteiger partial charge in [-0.1, -0.05) is 12.1 Å². The molecule has 0 aromatic heterocycles. The second kappa shape index (κ2) is 4.98. The lowest BCUT2D eigenvalue weighted by Gasteiger charge is -2.25. The molecule has 3 rings (SSSR count). The Morgan fingerprint density at radius 3 is 2.67 bits per heavy atom. The van der Waals surface area contributed by atoms with Crippen molar-refractivity contribution < 1.29 is 4.39 Å². The number of nitrogens with zero attached hydrogens (tertiary/aromatic N) is 1. The molecule has 2 fully saturated rings. The molecule has 1 unspecified atom stereocenters. The van der Waals surface area contributed by atoms with Gasteiger partial charge in [-0.3, -0.25) is 4.90 Å². The van der Waals surface area contributed by atoms with Crippen LogP contribution in [0.25, 0.3) is 0 Å². The monoisotopic (exact) mass is 248 g/mol. The maximum absolute atomic E-state index is 13.2. The van der Waals surface area contributed by atoms with E-state index in [9.17, 15) is 4.39 Å². The molecule has 2 nitrogen and oxygen atoms in total. The summed E-state index contributed by atoms with van der Waals surface area (Å²) >= 11 is 0. The molecule has 2 N–H and O–H groups in total. The molecule has 0 amide bonds. The highest BCUT2D eigenvalue weighted by Crippen LogP contribution is 2.35. The van der Waals surface area contributed by atoms with E-state index in [1.54, 1.807) is 12.1 Å². The molecule has 1 aromatic rings.